The Kier molecular flexibility index (Phi) is 6.98. The Morgan fingerprint density at radius 2 is 1.74 bits per heavy atom. The summed E-state index contributed by atoms with van der Waals surface area (Å²) in [6.45, 7) is 7.77. The molecule has 1 aromatic heterocycles. The van der Waals surface area contributed by atoms with Crippen molar-refractivity contribution in [2.24, 2.45) is 0 Å². The van der Waals surface area contributed by atoms with E-state index in [0.717, 1.165) is 51.5 Å². The SMILES string of the molecule is C=Cc1ccc2c(C(=O)c3ccc(OCCN4CCCCC4)cc3)c(-c3ccc(O)cc3)sc2c1. The van der Waals surface area contributed by atoms with Crippen molar-refractivity contribution in [3.05, 3.63) is 90.0 Å². The summed E-state index contributed by atoms with van der Waals surface area (Å²) in [6, 6.07) is 20.5. The van der Waals surface area contributed by atoms with Crippen molar-refractivity contribution in [2.45, 2.75) is 19.3 Å². The van der Waals surface area contributed by atoms with Crippen molar-refractivity contribution < 1.29 is 14.6 Å². The monoisotopic (exact) mass is 483 g/mol. The van der Waals surface area contributed by atoms with Crippen LogP contribution in [0, 0.1) is 0 Å². The lowest BCUT2D eigenvalue weighted by atomic mass is 9.97. The molecule has 1 fully saturated rings. The number of ketones is 1. The second kappa shape index (κ2) is 10.5. The van der Waals surface area contributed by atoms with Gasteiger partial charge in [-0.25, -0.2) is 0 Å². The molecule has 178 valence electrons. The molecule has 3 aromatic carbocycles. The number of phenols is 1. The zero-order chi connectivity index (χ0) is 24.2. The van der Waals surface area contributed by atoms with Crippen LogP contribution in [0.15, 0.2) is 73.3 Å². The van der Waals surface area contributed by atoms with Crippen molar-refractivity contribution in [2.75, 3.05) is 26.2 Å². The smallest absolute Gasteiger partial charge is 0.195 e. The Morgan fingerprint density at radius 1 is 1.00 bits per heavy atom. The number of carbonyl (C=O) groups excluding carboxylic acids is 1. The Morgan fingerprint density at radius 3 is 2.46 bits per heavy atom. The molecule has 0 spiro atoms. The molecule has 35 heavy (non-hydrogen) atoms. The van der Waals surface area contributed by atoms with E-state index in [1.165, 1.54) is 19.3 Å². The molecule has 1 aliphatic rings. The first kappa shape index (κ1) is 23.3. The van der Waals surface area contributed by atoms with Gasteiger partial charge in [0, 0.05) is 32.6 Å². The van der Waals surface area contributed by atoms with E-state index in [1.54, 1.807) is 23.5 Å². The van der Waals surface area contributed by atoms with E-state index >= 15 is 0 Å². The summed E-state index contributed by atoms with van der Waals surface area (Å²) < 4.78 is 6.98. The van der Waals surface area contributed by atoms with Crippen LogP contribution in [-0.4, -0.2) is 42.0 Å². The molecule has 1 saturated heterocycles. The van der Waals surface area contributed by atoms with Crippen LogP contribution in [0.3, 0.4) is 0 Å². The highest BCUT2D eigenvalue weighted by Gasteiger charge is 2.22. The number of ether oxygens (including phenoxy) is 1. The van der Waals surface area contributed by atoms with Crippen LogP contribution in [0.1, 0.15) is 40.7 Å². The third kappa shape index (κ3) is 5.16. The minimum absolute atomic E-state index is 0.0226. The third-order valence-corrected chi connectivity index (χ3v) is 7.75. The second-order valence-electron chi connectivity index (χ2n) is 8.92. The number of hydrogen-bond acceptors (Lipinski definition) is 5. The lowest BCUT2D eigenvalue weighted by Gasteiger charge is -2.26. The van der Waals surface area contributed by atoms with Gasteiger partial charge in [0.1, 0.15) is 18.1 Å². The van der Waals surface area contributed by atoms with Gasteiger partial charge < -0.3 is 9.84 Å². The molecule has 0 unspecified atom stereocenters. The van der Waals surface area contributed by atoms with Gasteiger partial charge in [0.25, 0.3) is 0 Å². The average molecular weight is 484 g/mol. The lowest BCUT2D eigenvalue weighted by Crippen LogP contribution is -2.33. The van der Waals surface area contributed by atoms with Gasteiger partial charge >= 0.3 is 0 Å². The highest BCUT2D eigenvalue weighted by atomic mass is 32.1. The van der Waals surface area contributed by atoms with E-state index in [1.807, 2.05) is 54.6 Å². The number of fused-ring (bicyclic) bond motifs is 1. The van der Waals surface area contributed by atoms with Gasteiger partial charge in [-0.2, -0.15) is 0 Å². The summed E-state index contributed by atoms with van der Waals surface area (Å²) in [7, 11) is 0. The summed E-state index contributed by atoms with van der Waals surface area (Å²) in [5, 5.41) is 10.7. The Bertz CT molecular complexity index is 1330. The topological polar surface area (TPSA) is 49.8 Å². The summed E-state index contributed by atoms with van der Waals surface area (Å²) in [6.07, 6.45) is 5.69. The number of hydrogen-bond donors (Lipinski definition) is 1. The third-order valence-electron chi connectivity index (χ3n) is 6.55. The van der Waals surface area contributed by atoms with Crippen molar-refractivity contribution >= 4 is 33.3 Å². The molecular weight excluding hydrogens is 454 g/mol. The standard InChI is InChI=1S/C30H29NO3S/c1-2-21-6-15-26-27(20-21)35-30(23-7-11-24(32)12-8-23)28(26)29(33)22-9-13-25(14-10-22)34-19-18-31-16-4-3-5-17-31/h2,6-15,20,32H,1,3-5,16-19H2. The van der Waals surface area contributed by atoms with Gasteiger partial charge in [0.05, 0.1) is 0 Å². The molecular formula is C30H29NO3S. The Balaban J connectivity index is 1.40. The largest absolute Gasteiger partial charge is 0.508 e. The first-order valence-electron chi connectivity index (χ1n) is 12.1. The maximum Gasteiger partial charge on any atom is 0.195 e. The molecule has 2 heterocycles. The minimum Gasteiger partial charge on any atom is -0.508 e. The van der Waals surface area contributed by atoms with Crippen LogP contribution in [0.4, 0.5) is 0 Å². The summed E-state index contributed by atoms with van der Waals surface area (Å²) in [5.41, 5.74) is 3.23. The molecule has 5 heteroatoms. The first-order valence-corrected chi connectivity index (χ1v) is 12.9. The van der Waals surface area contributed by atoms with E-state index in [0.29, 0.717) is 17.7 Å². The Labute approximate surface area is 210 Å². The van der Waals surface area contributed by atoms with Crippen molar-refractivity contribution in [3.8, 4) is 21.9 Å². The van der Waals surface area contributed by atoms with Crippen LogP contribution in [0.25, 0.3) is 26.6 Å². The van der Waals surface area contributed by atoms with Gasteiger partial charge in [-0.15, -0.1) is 11.3 Å². The molecule has 0 aliphatic carbocycles. The molecule has 1 aliphatic heterocycles. The average Bonchev–Trinajstić information content (AvgIpc) is 3.28. The second-order valence-corrected chi connectivity index (χ2v) is 9.97. The van der Waals surface area contributed by atoms with Crippen molar-refractivity contribution in [3.63, 3.8) is 0 Å². The summed E-state index contributed by atoms with van der Waals surface area (Å²) in [4.78, 5) is 17.1. The number of nitrogens with zero attached hydrogens (tertiary/aromatic N) is 1. The summed E-state index contributed by atoms with van der Waals surface area (Å²) in [5.74, 6) is 0.959. The molecule has 4 nitrogen and oxygen atoms in total. The fourth-order valence-corrected chi connectivity index (χ4v) is 5.86. The molecule has 4 aromatic rings. The number of carbonyl (C=O) groups is 1. The van der Waals surface area contributed by atoms with Gasteiger partial charge in [0.15, 0.2) is 5.78 Å². The van der Waals surface area contributed by atoms with Crippen molar-refractivity contribution in [1.82, 2.24) is 4.90 Å². The van der Waals surface area contributed by atoms with Gasteiger partial charge in [0.2, 0.25) is 0 Å². The zero-order valence-corrected chi connectivity index (χ0v) is 20.5. The number of thiophene rings is 1. The predicted octanol–water partition coefficient (Wildman–Crippen LogP) is 7.01. The van der Waals surface area contributed by atoms with Crippen LogP contribution < -0.4 is 4.74 Å². The Hall–Kier alpha value is -3.41. The maximum absolute atomic E-state index is 13.8. The number of benzene rings is 3. The van der Waals surface area contributed by atoms with Crippen molar-refractivity contribution in [1.29, 1.82) is 0 Å². The fraction of sp³-hybridized carbons (Fsp3) is 0.233. The van der Waals surface area contributed by atoms with Gasteiger partial charge in [-0.3, -0.25) is 9.69 Å². The van der Waals surface area contributed by atoms with Crippen LogP contribution in [0.5, 0.6) is 11.5 Å². The molecule has 0 radical (unpaired) electrons. The van der Waals surface area contributed by atoms with E-state index in [2.05, 4.69) is 17.5 Å². The van der Waals surface area contributed by atoms with E-state index in [4.69, 9.17) is 4.74 Å². The molecule has 1 N–H and O–H groups in total. The number of aromatic hydroxyl groups is 1. The van der Waals surface area contributed by atoms with Crippen LogP contribution in [0.2, 0.25) is 0 Å². The van der Waals surface area contributed by atoms with E-state index in [9.17, 15) is 9.90 Å². The van der Waals surface area contributed by atoms with Gasteiger partial charge in [-0.1, -0.05) is 31.2 Å². The maximum atomic E-state index is 13.8. The molecule has 0 atom stereocenters. The number of phenolic OH excluding ortho intramolecular Hbond substituents is 1. The summed E-state index contributed by atoms with van der Waals surface area (Å²) >= 11 is 1.58. The molecule has 0 amide bonds. The van der Waals surface area contributed by atoms with Crippen LogP contribution >= 0.6 is 11.3 Å². The number of rotatable bonds is 8. The first-order chi connectivity index (χ1) is 17.1. The normalized spacial score (nSPS) is 14.2. The minimum atomic E-state index is -0.0226. The predicted molar refractivity (Wildman–Crippen MR) is 145 cm³/mol. The quantitative estimate of drug-likeness (QED) is 0.274. The van der Waals surface area contributed by atoms with E-state index < -0.39 is 0 Å². The van der Waals surface area contributed by atoms with Gasteiger partial charge in [-0.05, 0) is 91.7 Å². The lowest BCUT2D eigenvalue weighted by molar-refractivity contribution is 0.104. The fourth-order valence-electron chi connectivity index (χ4n) is 4.60. The van der Waals surface area contributed by atoms with E-state index in [-0.39, 0.29) is 11.5 Å². The highest BCUT2D eigenvalue weighted by molar-refractivity contribution is 7.22. The highest BCUT2D eigenvalue weighted by Crippen LogP contribution is 2.41. The number of piperidine rings is 1. The van der Waals surface area contributed by atoms with Crippen LogP contribution in [-0.2, 0) is 0 Å². The molecule has 0 bridgehead atoms. The number of likely N-dealkylation sites (tertiary alicyclic amines) is 1. The molecule has 0 saturated carbocycles. The molecule has 5 rings (SSSR count). The zero-order valence-electron chi connectivity index (χ0n) is 19.7.